The van der Waals surface area contributed by atoms with Gasteiger partial charge in [0.25, 0.3) is 0 Å². The molecule has 0 heterocycles. The predicted molar refractivity (Wildman–Crippen MR) is 91.4 cm³/mol. The van der Waals surface area contributed by atoms with Gasteiger partial charge in [-0.25, -0.2) is 0 Å². The maximum Gasteiger partial charge on any atom is 0.225 e. The smallest absolute Gasteiger partial charge is 0.225 e. The number of nitrogen functional groups attached to an aromatic ring is 1. The Balaban J connectivity index is 1.99. The number of amides is 1. The number of carbonyl (C=O) groups is 1. The first kappa shape index (κ1) is 15.6. The van der Waals surface area contributed by atoms with Gasteiger partial charge >= 0.3 is 0 Å². The molecule has 3 nitrogen and oxygen atoms in total. The summed E-state index contributed by atoms with van der Waals surface area (Å²) in [5, 5.41) is 2.94. The molecule has 110 valence electrons. The Hall–Kier alpha value is -1.81. The summed E-state index contributed by atoms with van der Waals surface area (Å²) in [4.78, 5) is 12.1. The highest BCUT2D eigenvalue weighted by molar-refractivity contribution is 9.10. The maximum atomic E-state index is 12.1. The van der Waals surface area contributed by atoms with E-state index in [0.717, 1.165) is 27.0 Å². The van der Waals surface area contributed by atoms with Gasteiger partial charge in [-0.15, -0.1) is 0 Å². The summed E-state index contributed by atoms with van der Waals surface area (Å²) in [5.74, 6) is 0.152. The van der Waals surface area contributed by atoms with E-state index < -0.39 is 0 Å². The zero-order valence-corrected chi connectivity index (χ0v) is 13.8. The van der Waals surface area contributed by atoms with Crippen LogP contribution in [-0.2, 0) is 4.79 Å². The monoisotopic (exact) mass is 346 g/mol. The van der Waals surface area contributed by atoms with Crippen molar-refractivity contribution >= 4 is 33.2 Å². The van der Waals surface area contributed by atoms with Gasteiger partial charge in [-0.1, -0.05) is 25.1 Å². The standard InChI is InChI=1S/C17H19BrN2O/c1-11-3-8-16(15(18)9-11)20-17(21)10-12(2)13-4-6-14(19)7-5-13/h3-9,12H,10,19H2,1-2H3,(H,20,21). The molecule has 0 saturated carbocycles. The van der Waals surface area contributed by atoms with E-state index in [1.54, 1.807) is 0 Å². The van der Waals surface area contributed by atoms with Crippen LogP contribution in [0, 0.1) is 6.92 Å². The molecule has 0 fully saturated rings. The SMILES string of the molecule is Cc1ccc(NC(=O)CC(C)c2ccc(N)cc2)c(Br)c1. The zero-order chi connectivity index (χ0) is 15.4. The number of aryl methyl sites for hydroxylation is 1. The lowest BCUT2D eigenvalue weighted by molar-refractivity contribution is -0.116. The lowest BCUT2D eigenvalue weighted by Gasteiger charge is -2.13. The van der Waals surface area contributed by atoms with Gasteiger partial charge < -0.3 is 11.1 Å². The molecule has 0 saturated heterocycles. The number of halogens is 1. The summed E-state index contributed by atoms with van der Waals surface area (Å²) in [7, 11) is 0. The number of nitrogens with one attached hydrogen (secondary N) is 1. The highest BCUT2D eigenvalue weighted by atomic mass is 79.9. The second-order valence-electron chi connectivity index (χ2n) is 5.30. The normalized spacial score (nSPS) is 12.0. The Morgan fingerprint density at radius 1 is 1.24 bits per heavy atom. The van der Waals surface area contributed by atoms with E-state index in [1.165, 1.54) is 0 Å². The summed E-state index contributed by atoms with van der Waals surface area (Å²) >= 11 is 3.47. The molecule has 3 N–H and O–H groups in total. The van der Waals surface area contributed by atoms with Crippen LogP contribution < -0.4 is 11.1 Å². The molecule has 0 aliphatic carbocycles. The maximum absolute atomic E-state index is 12.1. The van der Waals surface area contributed by atoms with Crippen LogP contribution in [0.2, 0.25) is 0 Å². The third-order valence-electron chi connectivity index (χ3n) is 3.40. The second-order valence-corrected chi connectivity index (χ2v) is 6.16. The van der Waals surface area contributed by atoms with Gasteiger partial charge in [0.1, 0.15) is 0 Å². The molecule has 0 spiro atoms. The van der Waals surface area contributed by atoms with Gasteiger partial charge in [0.2, 0.25) is 5.91 Å². The van der Waals surface area contributed by atoms with Crippen LogP contribution in [0.3, 0.4) is 0 Å². The van der Waals surface area contributed by atoms with E-state index in [9.17, 15) is 4.79 Å². The Morgan fingerprint density at radius 3 is 2.52 bits per heavy atom. The third-order valence-corrected chi connectivity index (χ3v) is 4.05. The quantitative estimate of drug-likeness (QED) is 0.802. The molecule has 0 aliphatic heterocycles. The van der Waals surface area contributed by atoms with Gasteiger partial charge in [-0.3, -0.25) is 4.79 Å². The number of anilines is 2. The molecular weight excluding hydrogens is 328 g/mol. The van der Waals surface area contributed by atoms with Crippen LogP contribution in [0.5, 0.6) is 0 Å². The second kappa shape index (κ2) is 6.76. The molecule has 1 atom stereocenters. The van der Waals surface area contributed by atoms with Crippen molar-refractivity contribution in [3.63, 3.8) is 0 Å². The van der Waals surface area contributed by atoms with Crippen LogP contribution in [0.4, 0.5) is 11.4 Å². The van der Waals surface area contributed by atoms with Crippen molar-refractivity contribution in [2.75, 3.05) is 11.1 Å². The average molecular weight is 347 g/mol. The summed E-state index contributed by atoms with van der Waals surface area (Å²) in [5.41, 5.74) is 9.47. The molecule has 2 aromatic rings. The molecule has 0 aliphatic rings. The number of benzene rings is 2. The van der Waals surface area contributed by atoms with Crippen molar-refractivity contribution < 1.29 is 4.79 Å². The number of nitrogens with two attached hydrogens (primary N) is 1. The van der Waals surface area contributed by atoms with E-state index in [0.29, 0.717) is 6.42 Å². The van der Waals surface area contributed by atoms with Crippen molar-refractivity contribution in [2.45, 2.75) is 26.2 Å². The van der Waals surface area contributed by atoms with Gasteiger partial charge in [-0.2, -0.15) is 0 Å². The molecule has 0 radical (unpaired) electrons. The minimum Gasteiger partial charge on any atom is -0.399 e. The largest absolute Gasteiger partial charge is 0.399 e. The Bertz CT molecular complexity index is 638. The fourth-order valence-electron chi connectivity index (χ4n) is 2.14. The lowest BCUT2D eigenvalue weighted by Crippen LogP contribution is -2.14. The summed E-state index contributed by atoms with van der Waals surface area (Å²) in [6.45, 7) is 4.05. The fraction of sp³-hybridized carbons (Fsp3) is 0.235. The molecular formula is C17H19BrN2O. The first-order chi connectivity index (χ1) is 9.95. The van der Waals surface area contributed by atoms with Crippen LogP contribution in [-0.4, -0.2) is 5.91 Å². The van der Waals surface area contributed by atoms with E-state index in [-0.39, 0.29) is 11.8 Å². The van der Waals surface area contributed by atoms with Crippen LogP contribution >= 0.6 is 15.9 Å². The highest BCUT2D eigenvalue weighted by Gasteiger charge is 2.12. The van der Waals surface area contributed by atoms with E-state index >= 15 is 0 Å². The first-order valence-electron chi connectivity index (χ1n) is 6.87. The van der Waals surface area contributed by atoms with Crippen molar-refractivity contribution in [1.82, 2.24) is 0 Å². The van der Waals surface area contributed by atoms with Crippen molar-refractivity contribution in [1.29, 1.82) is 0 Å². The number of hydrogen-bond acceptors (Lipinski definition) is 2. The van der Waals surface area contributed by atoms with E-state index in [1.807, 2.05) is 56.3 Å². The molecule has 2 aromatic carbocycles. The number of hydrogen-bond donors (Lipinski definition) is 2. The summed E-state index contributed by atoms with van der Waals surface area (Å²) in [6, 6.07) is 13.5. The number of rotatable bonds is 4. The molecule has 2 rings (SSSR count). The third kappa shape index (κ3) is 4.33. The van der Waals surface area contributed by atoms with Gasteiger partial charge in [0.05, 0.1) is 5.69 Å². The Labute approximate surface area is 133 Å². The molecule has 0 bridgehead atoms. The Morgan fingerprint density at radius 2 is 1.90 bits per heavy atom. The molecule has 0 aromatic heterocycles. The van der Waals surface area contributed by atoms with Gasteiger partial charge in [0, 0.05) is 16.6 Å². The zero-order valence-electron chi connectivity index (χ0n) is 12.2. The predicted octanol–water partition coefficient (Wildman–Crippen LogP) is 4.47. The van der Waals surface area contributed by atoms with Crippen LogP contribution in [0.25, 0.3) is 0 Å². The summed E-state index contributed by atoms with van der Waals surface area (Å²) in [6.07, 6.45) is 0.435. The van der Waals surface area contributed by atoms with Crippen molar-refractivity contribution in [2.24, 2.45) is 0 Å². The first-order valence-corrected chi connectivity index (χ1v) is 7.66. The van der Waals surface area contributed by atoms with E-state index in [2.05, 4.69) is 21.2 Å². The highest BCUT2D eigenvalue weighted by Crippen LogP contribution is 2.25. The summed E-state index contributed by atoms with van der Waals surface area (Å²) < 4.78 is 0.899. The Kier molecular flexibility index (Phi) is 5.02. The average Bonchev–Trinajstić information content (AvgIpc) is 2.42. The minimum absolute atomic E-state index is 0.00359. The lowest BCUT2D eigenvalue weighted by atomic mass is 9.97. The van der Waals surface area contributed by atoms with Gasteiger partial charge in [0.15, 0.2) is 0 Å². The van der Waals surface area contributed by atoms with Crippen LogP contribution in [0.15, 0.2) is 46.9 Å². The molecule has 4 heteroatoms. The van der Waals surface area contributed by atoms with Crippen molar-refractivity contribution in [3.05, 3.63) is 58.1 Å². The molecule has 1 unspecified atom stereocenters. The fourth-order valence-corrected chi connectivity index (χ4v) is 2.74. The molecule has 1 amide bonds. The topological polar surface area (TPSA) is 55.1 Å². The van der Waals surface area contributed by atoms with E-state index in [4.69, 9.17) is 5.73 Å². The van der Waals surface area contributed by atoms with Crippen LogP contribution in [0.1, 0.15) is 30.4 Å². The minimum atomic E-state index is 0.00359. The van der Waals surface area contributed by atoms with Gasteiger partial charge in [-0.05, 0) is 64.2 Å². The number of carbonyl (C=O) groups excluding carboxylic acids is 1. The molecule has 21 heavy (non-hydrogen) atoms. The van der Waals surface area contributed by atoms with Crippen molar-refractivity contribution in [3.8, 4) is 0 Å².